The minimum Gasteiger partial charge on any atom is -0.393 e. The topological polar surface area (TPSA) is 78.4 Å². The quantitative estimate of drug-likeness (QED) is 0.550. The number of thiol groups is 1. The summed E-state index contributed by atoms with van der Waals surface area (Å²) in [6, 6.07) is -0.432. The zero-order chi connectivity index (χ0) is 15.1. The van der Waals surface area contributed by atoms with Crippen molar-refractivity contribution in [2.75, 3.05) is 5.75 Å². The summed E-state index contributed by atoms with van der Waals surface area (Å²) >= 11 is 4.13. The van der Waals surface area contributed by atoms with E-state index in [0.717, 1.165) is 25.7 Å². The number of hydrogen-bond acceptors (Lipinski definition) is 4. The highest BCUT2D eigenvalue weighted by Gasteiger charge is 2.26. The maximum atomic E-state index is 12.1. The predicted octanol–water partition coefficient (Wildman–Crippen LogP) is 0.867. The minimum atomic E-state index is -0.739. The highest BCUT2D eigenvalue weighted by Crippen LogP contribution is 2.17. The van der Waals surface area contributed by atoms with Crippen molar-refractivity contribution in [1.29, 1.82) is 0 Å². The smallest absolute Gasteiger partial charge is 0.243 e. The van der Waals surface area contributed by atoms with Crippen molar-refractivity contribution in [3.8, 4) is 0 Å². The van der Waals surface area contributed by atoms with Crippen LogP contribution in [0.1, 0.15) is 46.0 Å². The lowest BCUT2D eigenvalue weighted by atomic mass is 9.95. The standard InChI is InChI=1S/C14H26N2O3S/c1-9(10(2)17)13(18)16-12(8-20)14(19)15-11-6-4-3-5-7-11/h9-12,17,20H,3-8H2,1-2H3,(H,15,19)(H,16,18)/t9-,10+,12-/m0/s1. The van der Waals surface area contributed by atoms with Crippen LogP contribution < -0.4 is 10.6 Å². The van der Waals surface area contributed by atoms with Crippen LogP contribution in [0, 0.1) is 5.92 Å². The van der Waals surface area contributed by atoms with Gasteiger partial charge in [0.05, 0.1) is 12.0 Å². The molecule has 0 aliphatic heterocycles. The van der Waals surface area contributed by atoms with Gasteiger partial charge in [-0.05, 0) is 19.8 Å². The van der Waals surface area contributed by atoms with Crippen molar-refractivity contribution in [1.82, 2.24) is 10.6 Å². The number of amides is 2. The van der Waals surface area contributed by atoms with Gasteiger partial charge >= 0.3 is 0 Å². The Morgan fingerprint density at radius 2 is 1.80 bits per heavy atom. The predicted molar refractivity (Wildman–Crippen MR) is 81.6 cm³/mol. The van der Waals surface area contributed by atoms with Gasteiger partial charge < -0.3 is 15.7 Å². The molecule has 0 saturated heterocycles. The molecule has 0 bridgehead atoms. The second kappa shape index (κ2) is 8.52. The van der Waals surface area contributed by atoms with Crippen molar-refractivity contribution in [3.05, 3.63) is 0 Å². The first-order valence-electron chi connectivity index (χ1n) is 7.35. The van der Waals surface area contributed by atoms with E-state index < -0.39 is 18.1 Å². The first kappa shape index (κ1) is 17.3. The molecule has 0 unspecified atom stereocenters. The maximum absolute atomic E-state index is 12.1. The Balaban J connectivity index is 2.47. The highest BCUT2D eigenvalue weighted by atomic mass is 32.1. The average molecular weight is 302 g/mol. The Kier molecular flexibility index (Phi) is 7.37. The number of carbonyl (C=O) groups excluding carboxylic acids is 2. The van der Waals surface area contributed by atoms with Crippen molar-refractivity contribution >= 4 is 24.4 Å². The number of aliphatic hydroxyl groups is 1. The van der Waals surface area contributed by atoms with Gasteiger partial charge in [-0.2, -0.15) is 12.6 Å². The summed E-state index contributed by atoms with van der Waals surface area (Å²) in [6.07, 6.45) is 4.78. The van der Waals surface area contributed by atoms with Crippen LogP contribution in [-0.2, 0) is 9.59 Å². The van der Waals surface area contributed by atoms with Crippen molar-refractivity contribution in [3.63, 3.8) is 0 Å². The lowest BCUT2D eigenvalue weighted by Crippen LogP contribution is -2.52. The largest absolute Gasteiger partial charge is 0.393 e. The Labute approximate surface area is 126 Å². The summed E-state index contributed by atoms with van der Waals surface area (Å²) in [7, 11) is 0. The third kappa shape index (κ3) is 5.32. The molecule has 1 aliphatic rings. The monoisotopic (exact) mass is 302 g/mol. The van der Waals surface area contributed by atoms with E-state index in [2.05, 4.69) is 23.3 Å². The molecule has 5 nitrogen and oxygen atoms in total. The van der Waals surface area contributed by atoms with Crippen LogP contribution in [0.3, 0.4) is 0 Å². The van der Waals surface area contributed by atoms with Crippen LogP contribution in [0.2, 0.25) is 0 Å². The first-order chi connectivity index (χ1) is 9.45. The Bertz CT molecular complexity index is 330. The third-order valence-corrected chi connectivity index (χ3v) is 4.27. The molecule has 0 radical (unpaired) electrons. The molecule has 116 valence electrons. The number of carbonyl (C=O) groups is 2. The molecule has 1 aliphatic carbocycles. The number of hydrogen-bond donors (Lipinski definition) is 4. The van der Waals surface area contributed by atoms with E-state index >= 15 is 0 Å². The van der Waals surface area contributed by atoms with Crippen molar-refractivity contribution in [2.24, 2.45) is 5.92 Å². The summed E-state index contributed by atoms with van der Waals surface area (Å²) in [5.41, 5.74) is 0. The van der Waals surface area contributed by atoms with E-state index in [0.29, 0.717) is 0 Å². The molecule has 2 amide bonds. The Morgan fingerprint density at radius 1 is 1.20 bits per heavy atom. The lowest BCUT2D eigenvalue weighted by molar-refractivity contribution is -0.132. The van der Waals surface area contributed by atoms with E-state index in [4.69, 9.17) is 0 Å². The normalized spacial score (nSPS) is 20.8. The first-order valence-corrected chi connectivity index (χ1v) is 7.98. The molecule has 0 aromatic carbocycles. The summed E-state index contributed by atoms with van der Waals surface area (Å²) in [5.74, 6) is -0.799. The Hall–Kier alpha value is -0.750. The average Bonchev–Trinajstić information content (AvgIpc) is 2.44. The van der Waals surface area contributed by atoms with Gasteiger partial charge in [-0.1, -0.05) is 26.2 Å². The molecular formula is C14H26N2O3S. The third-order valence-electron chi connectivity index (χ3n) is 3.90. The fourth-order valence-electron chi connectivity index (χ4n) is 2.27. The second-order valence-corrected chi connectivity index (χ2v) is 5.98. The molecular weight excluding hydrogens is 276 g/mol. The van der Waals surface area contributed by atoms with Gasteiger partial charge in [0.2, 0.25) is 11.8 Å². The number of nitrogens with one attached hydrogen (secondary N) is 2. The molecule has 0 spiro atoms. The highest BCUT2D eigenvalue weighted by molar-refractivity contribution is 7.80. The second-order valence-electron chi connectivity index (χ2n) is 5.62. The van der Waals surface area contributed by atoms with Crippen molar-refractivity contribution in [2.45, 2.75) is 64.1 Å². The molecule has 1 saturated carbocycles. The molecule has 1 rings (SSSR count). The minimum absolute atomic E-state index is 0.182. The van der Waals surface area contributed by atoms with E-state index in [1.54, 1.807) is 13.8 Å². The number of rotatable bonds is 6. The fraction of sp³-hybridized carbons (Fsp3) is 0.857. The fourth-order valence-corrected chi connectivity index (χ4v) is 2.52. The van der Waals surface area contributed by atoms with Gasteiger partial charge in [0.15, 0.2) is 0 Å². The molecule has 0 aromatic rings. The van der Waals surface area contributed by atoms with Gasteiger partial charge in [0, 0.05) is 11.8 Å². The number of aliphatic hydroxyl groups excluding tert-OH is 1. The zero-order valence-electron chi connectivity index (χ0n) is 12.3. The molecule has 3 N–H and O–H groups in total. The lowest BCUT2D eigenvalue weighted by Gasteiger charge is -2.26. The Morgan fingerprint density at radius 3 is 2.30 bits per heavy atom. The van der Waals surface area contributed by atoms with E-state index in [1.165, 1.54) is 6.42 Å². The van der Waals surface area contributed by atoms with E-state index in [-0.39, 0.29) is 23.6 Å². The zero-order valence-corrected chi connectivity index (χ0v) is 13.2. The molecule has 1 fully saturated rings. The van der Waals surface area contributed by atoms with Crippen LogP contribution >= 0.6 is 12.6 Å². The van der Waals surface area contributed by atoms with Gasteiger partial charge in [0.1, 0.15) is 6.04 Å². The van der Waals surface area contributed by atoms with Gasteiger partial charge in [0.25, 0.3) is 0 Å². The summed E-state index contributed by atoms with van der Waals surface area (Å²) in [6.45, 7) is 3.19. The summed E-state index contributed by atoms with van der Waals surface area (Å²) < 4.78 is 0. The van der Waals surface area contributed by atoms with Gasteiger partial charge in [-0.25, -0.2) is 0 Å². The van der Waals surface area contributed by atoms with Crippen LogP contribution in [-0.4, -0.2) is 40.9 Å². The maximum Gasteiger partial charge on any atom is 0.243 e. The van der Waals surface area contributed by atoms with Gasteiger partial charge in [-0.15, -0.1) is 0 Å². The van der Waals surface area contributed by atoms with E-state index in [1.807, 2.05) is 0 Å². The molecule has 6 heteroatoms. The van der Waals surface area contributed by atoms with E-state index in [9.17, 15) is 14.7 Å². The molecule has 20 heavy (non-hydrogen) atoms. The summed E-state index contributed by atoms with van der Waals surface area (Å²) in [4.78, 5) is 24.0. The van der Waals surface area contributed by atoms with Crippen LogP contribution in [0.15, 0.2) is 0 Å². The van der Waals surface area contributed by atoms with Gasteiger partial charge in [-0.3, -0.25) is 9.59 Å². The molecule has 0 aromatic heterocycles. The SMILES string of the molecule is C[C@H](C(=O)N[C@@H](CS)C(=O)NC1CCCCC1)[C@@H](C)O. The molecule has 3 atom stereocenters. The van der Waals surface area contributed by atoms with Crippen molar-refractivity contribution < 1.29 is 14.7 Å². The van der Waals surface area contributed by atoms with Crippen LogP contribution in [0.5, 0.6) is 0 Å². The van der Waals surface area contributed by atoms with Crippen LogP contribution in [0.4, 0.5) is 0 Å². The molecule has 0 heterocycles. The summed E-state index contributed by atoms with van der Waals surface area (Å²) in [5, 5.41) is 15.0. The van der Waals surface area contributed by atoms with Crippen LogP contribution in [0.25, 0.3) is 0 Å².